The lowest BCUT2D eigenvalue weighted by Crippen LogP contribution is -2.32. The highest BCUT2D eigenvalue weighted by molar-refractivity contribution is 5.94. The second-order valence-corrected chi connectivity index (χ2v) is 4.99. The molecule has 0 spiro atoms. The van der Waals surface area contributed by atoms with E-state index in [0.717, 1.165) is 12.1 Å². The van der Waals surface area contributed by atoms with Gasteiger partial charge in [-0.25, -0.2) is 4.39 Å². The van der Waals surface area contributed by atoms with Crippen molar-refractivity contribution in [1.82, 2.24) is 0 Å². The number of likely N-dealkylation sites (N-methyl/N-ethyl adjacent to an activating group) is 1. The molecule has 0 heterocycles. The lowest BCUT2D eigenvalue weighted by atomic mass is 10.1. The van der Waals surface area contributed by atoms with Crippen LogP contribution >= 0.6 is 0 Å². The number of hydrogen-bond donors (Lipinski definition) is 0. The predicted octanol–water partition coefficient (Wildman–Crippen LogP) is 4.44. The first kappa shape index (κ1) is 17.0. The maximum atomic E-state index is 12.9. The summed E-state index contributed by atoms with van der Waals surface area (Å²) in [6, 6.07) is 10.1. The SMILES string of the molecule is CCN(C(=O)Cc1cccc(C(F)(F)F)c1)c1ccc(F)cc1. The van der Waals surface area contributed by atoms with Crippen LogP contribution < -0.4 is 4.90 Å². The van der Waals surface area contributed by atoms with Gasteiger partial charge in [-0.3, -0.25) is 4.79 Å². The molecule has 2 rings (SSSR count). The fraction of sp³-hybridized carbons (Fsp3) is 0.235. The van der Waals surface area contributed by atoms with Crippen molar-refractivity contribution in [1.29, 1.82) is 0 Å². The molecule has 0 saturated carbocycles. The van der Waals surface area contributed by atoms with Gasteiger partial charge in [0.1, 0.15) is 5.82 Å². The molecule has 0 aliphatic heterocycles. The van der Waals surface area contributed by atoms with E-state index in [9.17, 15) is 22.4 Å². The summed E-state index contributed by atoms with van der Waals surface area (Å²) in [7, 11) is 0. The van der Waals surface area contributed by atoms with Crippen molar-refractivity contribution in [3.05, 3.63) is 65.5 Å². The molecule has 0 aromatic heterocycles. The Morgan fingerprint density at radius 2 is 1.74 bits per heavy atom. The first-order valence-electron chi connectivity index (χ1n) is 7.03. The molecule has 0 aliphatic rings. The summed E-state index contributed by atoms with van der Waals surface area (Å²) < 4.78 is 51.1. The van der Waals surface area contributed by atoms with Gasteiger partial charge in [0.25, 0.3) is 0 Å². The molecule has 0 aliphatic carbocycles. The van der Waals surface area contributed by atoms with E-state index in [1.165, 1.54) is 41.3 Å². The number of amides is 1. The van der Waals surface area contributed by atoms with Crippen LogP contribution in [0.1, 0.15) is 18.1 Å². The van der Waals surface area contributed by atoms with Crippen molar-refractivity contribution in [2.75, 3.05) is 11.4 Å². The summed E-state index contributed by atoms with van der Waals surface area (Å²) in [5.41, 5.74) is 0.00360. The molecule has 122 valence electrons. The zero-order valence-corrected chi connectivity index (χ0v) is 12.4. The minimum Gasteiger partial charge on any atom is -0.312 e. The van der Waals surface area contributed by atoms with Gasteiger partial charge in [-0.1, -0.05) is 18.2 Å². The van der Waals surface area contributed by atoms with Crippen LogP contribution in [0.15, 0.2) is 48.5 Å². The fourth-order valence-electron chi connectivity index (χ4n) is 2.25. The molecule has 0 bridgehead atoms. The third-order valence-corrected chi connectivity index (χ3v) is 3.37. The number of benzene rings is 2. The van der Waals surface area contributed by atoms with E-state index in [0.29, 0.717) is 12.2 Å². The Bertz CT molecular complexity index is 680. The average Bonchev–Trinajstić information content (AvgIpc) is 2.49. The molecule has 2 nitrogen and oxygen atoms in total. The number of alkyl halides is 3. The van der Waals surface area contributed by atoms with E-state index in [4.69, 9.17) is 0 Å². The summed E-state index contributed by atoms with van der Waals surface area (Å²) in [6.07, 6.45) is -4.60. The predicted molar refractivity (Wildman–Crippen MR) is 79.6 cm³/mol. The van der Waals surface area contributed by atoms with Gasteiger partial charge in [-0.15, -0.1) is 0 Å². The number of rotatable bonds is 4. The normalized spacial score (nSPS) is 11.3. The molecule has 23 heavy (non-hydrogen) atoms. The van der Waals surface area contributed by atoms with Gasteiger partial charge < -0.3 is 4.90 Å². The molecule has 0 N–H and O–H groups in total. The van der Waals surface area contributed by atoms with Crippen molar-refractivity contribution in [2.24, 2.45) is 0 Å². The number of carbonyl (C=O) groups is 1. The summed E-state index contributed by atoms with van der Waals surface area (Å²) in [5.74, 6) is -0.770. The number of carbonyl (C=O) groups excluding carboxylic acids is 1. The highest BCUT2D eigenvalue weighted by Crippen LogP contribution is 2.29. The minimum atomic E-state index is -4.44. The van der Waals surface area contributed by atoms with Crippen molar-refractivity contribution in [2.45, 2.75) is 19.5 Å². The lowest BCUT2D eigenvalue weighted by molar-refractivity contribution is -0.137. The Morgan fingerprint density at radius 3 is 2.30 bits per heavy atom. The summed E-state index contributed by atoms with van der Waals surface area (Å²) in [4.78, 5) is 13.7. The number of anilines is 1. The van der Waals surface area contributed by atoms with Crippen molar-refractivity contribution >= 4 is 11.6 Å². The first-order valence-corrected chi connectivity index (χ1v) is 7.03. The largest absolute Gasteiger partial charge is 0.416 e. The zero-order chi connectivity index (χ0) is 17.0. The topological polar surface area (TPSA) is 20.3 Å². The Labute approximate surface area is 131 Å². The molecule has 0 atom stereocenters. The van der Waals surface area contributed by atoms with E-state index in [1.807, 2.05) is 0 Å². The van der Waals surface area contributed by atoms with Gasteiger partial charge in [-0.05, 0) is 42.8 Å². The average molecular weight is 325 g/mol. The van der Waals surface area contributed by atoms with Gasteiger partial charge in [-0.2, -0.15) is 13.2 Å². The van der Waals surface area contributed by atoms with Crippen molar-refractivity contribution < 1.29 is 22.4 Å². The van der Waals surface area contributed by atoms with Crippen LogP contribution in [0.3, 0.4) is 0 Å². The molecule has 1 amide bonds. The summed E-state index contributed by atoms with van der Waals surface area (Å²) in [6.45, 7) is 2.08. The molecular weight excluding hydrogens is 310 g/mol. The quantitative estimate of drug-likeness (QED) is 0.761. The smallest absolute Gasteiger partial charge is 0.312 e. The number of nitrogens with zero attached hydrogens (tertiary/aromatic N) is 1. The van der Waals surface area contributed by atoms with E-state index in [2.05, 4.69) is 0 Å². The Hall–Kier alpha value is -2.37. The summed E-state index contributed by atoms with van der Waals surface area (Å²) >= 11 is 0. The van der Waals surface area contributed by atoms with E-state index >= 15 is 0 Å². The Balaban J connectivity index is 2.18. The molecule has 0 saturated heterocycles. The van der Waals surface area contributed by atoms with Crippen molar-refractivity contribution in [3.8, 4) is 0 Å². The van der Waals surface area contributed by atoms with E-state index in [-0.39, 0.29) is 17.9 Å². The van der Waals surface area contributed by atoms with Crippen LogP contribution in [0.2, 0.25) is 0 Å². The van der Waals surface area contributed by atoms with E-state index < -0.39 is 17.6 Å². The highest BCUT2D eigenvalue weighted by atomic mass is 19.4. The second kappa shape index (κ2) is 6.81. The number of hydrogen-bond acceptors (Lipinski definition) is 1. The fourth-order valence-corrected chi connectivity index (χ4v) is 2.25. The first-order chi connectivity index (χ1) is 10.8. The highest BCUT2D eigenvalue weighted by Gasteiger charge is 2.30. The molecule has 0 unspecified atom stereocenters. The Morgan fingerprint density at radius 1 is 1.09 bits per heavy atom. The monoisotopic (exact) mass is 325 g/mol. The van der Waals surface area contributed by atoms with Crippen LogP contribution in [0.5, 0.6) is 0 Å². The maximum Gasteiger partial charge on any atom is 0.416 e. The van der Waals surface area contributed by atoms with Crippen LogP contribution in [0.25, 0.3) is 0 Å². The third-order valence-electron chi connectivity index (χ3n) is 3.37. The van der Waals surface area contributed by atoms with Gasteiger partial charge in [0.05, 0.1) is 12.0 Å². The molecule has 2 aromatic carbocycles. The summed E-state index contributed by atoms with van der Waals surface area (Å²) in [5, 5.41) is 0. The molecule has 0 radical (unpaired) electrons. The van der Waals surface area contributed by atoms with Crippen molar-refractivity contribution in [3.63, 3.8) is 0 Å². The van der Waals surface area contributed by atoms with Gasteiger partial charge in [0.2, 0.25) is 5.91 Å². The lowest BCUT2D eigenvalue weighted by Gasteiger charge is -2.21. The second-order valence-electron chi connectivity index (χ2n) is 4.99. The standard InChI is InChI=1S/C17H15F4NO/c1-2-22(15-8-6-14(18)7-9-15)16(23)11-12-4-3-5-13(10-12)17(19,20)21/h3-10H,2,11H2,1H3. The van der Waals surface area contributed by atoms with Crippen LogP contribution in [0, 0.1) is 5.82 Å². The molecular formula is C17H15F4NO. The Kier molecular flexibility index (Phi) is 5.03. The minimum absolute atomic E-state index is 0.158. The van der Waals surface area contributed by atoms with Gasteiger partial charge in [0.15, 0.2) is 0 Å². The van der Waals surface area contributed by atoms with Gasteiger partial charge >= 0.3 is 6.18 Å². The molecule has 6 heteroatoms. The van der Waals surface area contributed by atoms with E-state index in [1.54, 1.807) is 6.92 Å². The zero-order valence-electron chi connectivity index (χ0n) is 12.4. The van der Waals surface area contributed by atoms with Crippen LogP contribution in [0.4, 0.5) is 23.2 Å². The van der Waals surface area contributed by atoms with Gasteiger partial charge in [0, 0.05) is 12.2 Å². The van der Waals surface area contributed by atoms with Crippen LogP contribution in [-0.2, 0) is 17.4 Å². The maximum absolute atomic E-state index is 12.9. The molecule has 2 aromatic rings. The third kappa shape index (κ3) is 4.31. The number of halogens is 4. The van der Waals surface area contributed by atoms with Crippen LogP contribution in [-0.4, -0.2) is 12.5 Å². The molecule has 0 fully saturated rings.